The van der Waals surface area contributed by atoms with Crippen molar-refractivity contribution in [1.29, 1.82) is 0 Å². The third-order valence-corrected chi connectivity index (χ3v) is 2.31. The van der Waals surface area contributed by atoms with Crippen LogP contribution >= 0.6 is 0 Å². The summed E-state index contributed by atoms with van der Waals surface area (Å²) in [5.74, 6) is -0.335. The average molecular weight is 202 g/mol. The van der Waals surface area contributed by atoms with Gasteiger partial charge in [-0.2, -0.15) is 8.42 Å². The molecule has 0 aromatic heterocycles. The van der Waals surface area contributed by atoms with Crippen LogP contribution in [0.15, 0.2) is 23.1 Å². The summed E-state index contributed by atoms with van der Waals surface area (Å²) in [6.07, 6.45) is 0.280. The summed E-state index contributed by atoms with van der Waals surface area (Å²) in [5, 5.41) is 8.90. The van der Waals surface area contributed by atoms with Crippen molar-refractivity contribution in [1.82, 2.24) is 0 Å². The van der Waals surface area contributed by atoms with Gasteiger partial charge in [-0.3, -0.25) is 9.35 Å². The van der Waals surface area contributed by atoms with E-state index < -0.39 is 15.0 Å². The minimum atomic E-state index is -4.46. The molecule has 0 saturated carbocycles. The normalized spacial score (nSPS) is 11.2. The third-order valence-electron chi connectivity index (χ3n) is 1.40. The van der Waals surface area contributed by atoms with Crippen LogP contribution in [0.25, 0.3) is 0 Å². The quantitative estimate of drug-likeness (QED) is 0.536. The second-order valence-corrected chi connectivity index (χ2v) is 3.71. The zero-order chi connectivity index (χ0) is 10.1. The topological polar surface area (TPSA) is 91.7 Å². The van der Waals surface area contributed by atoms with E-state index in [2.05, 4.69) is 0 Å². The number of aromatic hydroxyl groups is 1. The molecule has 13 heavy (non-hydrogen) atoms. The molecule has 0 spiro atoms. The number of carbonyl (C=O) groups excluding carboxylic acids is 1. The van der Waals surface area contributed by atoms with Gasteiger partial charge in [0, 0.05) is 11.6 Å². The fraction of sp³-hybridized carbons (Fsp3) is 0. The van der Waals surface area contributed by atoms with Crippen molar-refractivity contribution in [2.45, 2.75) is 4.90 Å². The van der Waals surface area contributed by atoms with Crippen LogP contribution in [0.4, 0.5) is 0 Å². The summed E-state index contributed by atoms with van der Waals surface area (Å²) >= 11 is 0. The van der Waals surface area contributed by atoms with E-state index in [9.17, 15) is 13.2 Å². The van der Waals surface area contributed by atoms with E-state index in [1.54, 1.807) is 0 Å². The Bertz CT molecular complexity index is 434. The lowest BCUT2D eigenvalue weighted by molar-refractivity contribution is 0.112. The molecule has 2 N–H and O–H groups in total. The first-order valence-electron chi connectivity index (χ1n) is 3.21. The Morgan fingerprint density at radius 2 is 1.92 bits per heavy atom. The van der Waals surface area contributed by atoms with Crippen LogP contribution < -0.4 is 0 Å². The molecule has 0 atom stereocenters. The summed E-state index contributed by atoms with van der Waals surface area (Å²) in [6.45, 7) is 0. The molecule has 1 aromatic carbocycles. The van der Waals surface area contributed by atoms with Crippen molar-refractivity contribution in [3.63, 3.8) is 0 Å². The molecule has 0 amide bonds. The van der Waals surface area contributed by atoms with Crippen molar-refractivity contribution in [2.75, 3.05) is 0 Å². The predicted octanol–water partition coefficient (Wildman–Crippen LogP) is 0.451. The Kier molecular flexibility index (Phi) is 2.35. The van der Waals surface area contributed by atoms with Gasteiger partial charge in [-0.15, -0.1) is 0 Å². The Labute approximate surface area is 74.4 Å². The van der Waals surface area contributed by atoms with E-state index in [1.165, 1.54) is 0 Å². The fourth-order valence-corrected chi connectivity index (χ4v) is 1.53. The number of carbonyl (C=O) groups is 1. The summed E-state index contributed by atoms with van der Waals surface area (Å²) in [6, 6.07) is 3.06. The van der Waals surface area contributed by atoms with E-state index in [0.29, 0.717) is 0 Å². The highest BCUT2D eigenvalue weighted by atomic mass is 32.2. The third kappa shape index (κ3) is 2.04. The van der Waals surface area contributed by atoms with Crippen LogP contribution in [0.3, 0.4) is 0 Å². The maximum absolute atomic E-state index is 10.7. The maximum Gasteiger partial charge on any atom is 0.295 e. The van der Waals surface area contributed by atoms with Gasteiger partial charge in [0.05, 0.1) is 0 Å². The van der Waals surface area contributed by atoms with Crippen molar-refractivity contribution in [3.8, 4) is 5.75 Å². The highest BCUT2D eigenvalue weighted by molar-refractivity contribution is 7.86. The zero-order valence-electron chi connectivity index (χ0n) is 6.34. The lowest BCUT2D eigenvalue weighted by atomic mass is 10.2. The van der Waals surface area contributed by atoms with Crippen molar-refractivity contribution >= 4 is 16.4 Å². The molecule has 1 aromatic rings. The summed E-state index contributed by atoms with van der Waals surface area (Å²) in [5.41, 5.74) is -0.194. The zero-order valence-corrected chi connectivity index (χ0v) is 7.15. The fourth-order valence-electron chi connectivity index (χ4n) is 0.844. The number of hydrogen-bond donors (Lipinski definition) is 2. The lowest BCUT2D eigenvalue weighted by Crippen LogP contribution is -2.02. The number of rotatable bonds is 2. The summed E-state index contributed by atoms with van der Waals surface area (Å²) in [4.78, 5) is 9.73. The lowest BCUT2D eigenvalue weighted by Gasteiger charge is -2.00. The van der Waals surface area contributed by atoms with Crippen LogP contribution in [0.5, 0.6) is 5.75 Å². The molecule has 0 aliphatic carbocycles. The van der Waals surface area contributed by atoms with Gasteiger partial charge >= 0.3 is 0 Å². The molecule has 0 heterocycles. The molecule has 70 valence electrons. The second-order valence-electron chi connectivity index (χ2n) is 2.32. The molecule has 5 nitrogen and oxygen atoms in total. The van der Waals surface area contributed by atoms with Gasteiger partial charge in [-0.25, -0.2) is 0 Å². The minimum absolute atomic E-state index is 0.194. The van der Waals surface area contributed by atoms with Crippen LogP contribution in [-0.2, 0) is 10.1 Å². The Hall–Kier alpha value is -1.40. The predicted molar refractivity (Wildman–Crippen MR) is 43.3 cm³/mol. The first-order valence-corrected chi connectivity index (χ1v) is 4.65. The van der Waals surface area contributed by atoms with Gasteiger partial charge < -0.3 is 5.11 Å². The molecule has 0 unspecified atom stereocenters. The average Bonchev–Trinajstić information content (AvgIpc) is 2.03. The van der Waals surface area contributed by atoms with E-state index >= 15 is 0 Å². The molecular weight excluding hydrogens is 196 g/mol. The maximum atomic E-state index is 10.7. The standard InChI is InChI=1S/C7H6O5S/c8-4-5-1-2-6(9)3-7(5)13(10,11)12/h1-4,9H,(H,10,11,12). The molecule has 0 aliphatic rings. The molecule has 1 rings (SSSR count). The molecular formula is C7H6O5S. The van der Waals surface area contributed by atoms with E-state index in [1.807, 2.05) is 0 Å². The molecule has 0 saturated heterocycles. The molecule has 0 aliphatic heterocycles. The van der Waals surface area contributed by atoms with Crippen molar-refractivity contribution in [3.05, 3.63) is 23.8 Å². The highest BCUT2D eigenvalue weighted by Gasteiger charge is 2.15. The van der Waals surface area contributed by atoms with Gasteiger partial charge in [0.15, 0.2) is 6.29 Å². The van der Waals surface area contributed by atoms with Crippen LogP contribution in [0.2, 0.25) is 0 Å². The highest BCUT2D eigenvalue weighted by Crippen LogP contribution is 2.19. The Morgan fingerprint density at radius 1 is 1.31 bits per heavy atom. The Balaban J connectivity index is 3.50. The smallest absolute Gasteiger partial charge is 0.295 e. The monoisotopic (exact) mass is 202 g/mol. The molecule has 0 fully saturated rings. The first-order chi connectivity index (χ1) is 5.95. The summed E-state index contributed by atoms with van der Waals surface area (Å²) < 4.78 is 29.9. The Morgan fingerprint density at radius 3 is 2.38 bits per heavy atom. The number of hydrogen-bond acceptors (Lipinski definition) is 4. The van der Waals surface area contributed by atoms with Crippen LogP contribution in [0, 0.1) is 0 Å². The summed E-state index contributed by atoms with van der Waals surface area (Å²) in [7, 11) is -4.46. The molecule has 0 bridgehead atoms. The van der Waals surface area contributed by atoms with Gasteiger partial charge in [0.2, 0.25) is 0 Å². The van der Waals surface area contributed by atoms with Crippen molar-refractivity contribution in [2.24, 2.45) is 0 Å². The van der Waals surface area contributed by atoms with E-state index in [0.717, 1.165) is 18.2 Å². The van der Waals surface area contributed by atoms with Crippen molar-refractivity contribution < 1.29 is 22.9 Å². The number of phenolic OH excluding ortho intramolecular Hbond substituents is 1. The molecule has 0 radical (unpaired) electrons. The largest absolute Gasteiger partial charge is 0.508 e. The number of phenols is 1. The SMILES string of the molecule is O=Cc1ccc(O)cc1S(=O)(=O)O. The van der Waals surface area contributed by atoms with E-state index in [4.69, 9.17) is 9.66 Å². The second kappa shape index (κ2) is 3.15. The number of benzene rings is 1. The minimum Gasteiger partial charge on any atom is -0.508 e. The van der Waals surface area contributed by atoms with Crippen LogP contribution in [0.1, 0.15) is 10.4 Å². The van der Waals surface area contributed by atoms with E-state index in [-0.39, 0.29) is 17.6 Å². The van der Waals surface area contributed by atoms with Gasteiger partial charge in [0.25, 0.3) is 10.1 Å². The first kappa shape index (κ1) is 9.69. The van der Waals surface area contributed by atoms with Gasteiger partial charge in [-0.05, 0) is 12.1 Å². The number of aldehydes is 1. The van der Waals surface area contributed by atoms with Crippen LogP contribution in [-0.4, -0.2) is 24.4 Å². The molecule has 6 heteroatoms. The van der Waals surface area contributed by atoms with Gasteiger partial charge in [-0.1, -0.05) is 0 Å². The van der Waals surface area contributed by atoms with Gasteiger partial charge in [0.1, 0.15) is 10.6 Å².